The Morgan fingerprint density at radius 1 is 0.900 bits per heavy atom. The summed E-state index contributed by atoms with van der Waals surface area (Å²) in [5.74, 6) is 0. The summed E-state index contributed by atoms with van der Waals surface area (Å²) in [6.45, 7) is 1.08. The van der Waals surface area contributed by atoms with Crippen molar-refractivity contribution < 1.29 is 8.42 Å². The lowest BCUT2D eigenvalue weighted by molar-refractivity contribution is 0.578. The average Bonchev–Trinajstić information content (AvgIpc) is 2.75. The Bertz CT molecular complexity index is 1290. The van der Waals surface area contributed by atoms with E-state index >= 15 is 0 Å². The van der Waals surface area contributed by atoms with Crippen LogP contribution in [0.3, 0.4) is 0 Å². The third-order valence-corrected chi connectivity index (χ3v) is 6.53. The maximum absolute atomic E-state index is 12.7. The molecule has 30 heavy (non-hydrogen) atoms. The molecule has 0 atom stereocenters. The molecule has 0 radical (unpaired) electrons. The minimum absolute atomic E-state index is 0.209. The van der Waals surface area contributed by atoms with Crippen molar-refractivity contribution in [3.8, 4) is 0 Å². The molecule has 154 valence electrons. The van der Waals surface area contributed by atoms with E-state index in [9.17, 15) is 8.42 Å². The molecule has 2 heterocycles. The van der Waals surface area contributed by atoms with E-state index < -0.39 is 10.0 Å². The Morgan fingerprint density at radius 3 is 2.63 bits per heavy atom. The number of unbranched alkanes of at least 4 members (excludes halogenated alkanes) is 1. The predicted molar refractivity (Wildman–Crippen MR) is 121 cm³/mol. The summed E-state index contributed by atoms with van der Waals surface area (Å²) in [6, 6.07) is 16.3. The van der Waals surface area contributed by atoms with Crippen molar-refractivity contribution in [2.45, 2.75) is 17.7 Å². The van der Waals surface area contributed by atoms with Crippen molar-refractivity contribution in [2.24, 2.45) is 0 Å². The minimum Gasteiger partial charge on any atom is -0.384 e. The molecule has 0 aliphatic rings. The molecule has 4 rings (SSSR count). The number of nitrogens with zero attached hydrogens (tertiary/aromatic N) is 2. The predicted octanol–water partition coefficient (Wildman–Crippen LogP) is 4.61. The van der Waals surface area contributed by atoms with E-state index in [4.69, 9.17) is 11.6 Å². The van der Waals surface area contributed by atoms with Crippen LogP contribution in [0.1, 0.15) is 12.8 Å². The summed E-state index contributed by atoms with van der Waals surface area (Å²) < 4.78 is 28.1. The van der Waals surface area contributed by atoms with Crippen molar-refractivity contribution in [2.75, 3.05) is 18.4 Å². The Labute approximate surface area is 180 Å². The zero-order valence-corrected chi connectivity index (χ0v) is 17.7. The molecule has 6 nitrogen and oxygen atoms in total. The first kappa shape index (κ1) is 20.5. The lowest BCUT2D eigenvalue weighted by atomic mass is 10.2. The molecule has 2 aromatic heterocycles. The normalized spacial score (nSPS) is 11.8. The molecule has 0 aliphatic carbocycles. The molecule has 2 N–H and O–H groups in total. The van der Waals surface area contributed by atoms with Crippen LogP contribution in [-0.4, -0.2) is 31.5 Å². The van der Waals surface area contributed by atoms with Crippen molar-refractivity contribution in [3.05, 3.63) is 72.0 Å². The van der Waals surface area contributed by atoms with Gasteiger partial charge in [0.05, 0.1) is 11.0 Å². The molecule has 0 saturated carbocycles. The highest BCUT2D eigenvalue weighted by Crippen LogP contribution is 2.24. The van der Waals surface area contributed by atoms with E-state index in [0.717, 1.165) is 34.9 Å². The number of aromatic nitrogens is 2. The molecule has 0 fully saturated rings. The van der Waals surface area contributed by atoms with Gasteiger partial charge in [0.25, 0.3) is 0 Å². The molecule has 4 aromatic rings. The first-order valence-electron chi connectivity index (χ1n) is 9.66. The third kappa shape index (κ3) is 4.53. The fourth-order valence-corrected chi connectivity index (χ4v) is 4.74. The highest BCUT2D eigenvalue weighted by Gasteiger charge is 2.17. The largest absolute Gasteiger partial charge is 0.384 e. The molecule has 0 aliphatic heterocycles. The maximum Gasteiger partial charge on any atom is 0.242 e. The number of pyridine rings is 2. The lowest BCUT2D eigenvalue weighted by Crippen LogP contribution is -2.25. The Morgan fingerprint density at radius 2 is 1.73 bits per heavy atom. The van der Waals surface area contributed by atoms with Crippen molar-refractivity contribution >= 4 is 49.1 Å². The van der Waals surface area contributed by atoms with Gasteiger partial charge >= 0.3 is 0 Å². The number of benzene rings is 2. The molecule has 0 spiro atoms. The van der Waals surface area contributed by atoms with Crippen molar-refractivity contribution in [3.63, 3.8) is 0 Å². The highest BCUT2D eigenvalue weighted by molar-refractivity contribution is 7.89. The van der Waals surface area contributed by atoms with Gasteiger partial charge in [0.15, 0.2) is 0 Å². The van der Waals surface area contributed by atoms with Crippen LogP contribution < -0.4 is 10.0 Å². The van der Waals surface area contributed by atoms with Crippen molar-refractivity contribution in [1.82, 2.24) is 14.7 Å². The molecule has 0 bridgehead atoms. The zero-order chi connectivity index (χ0) is 21.0. The van der Waals surface area contributed by atoms with Crippen LogP contribution in [0.25, 0.3) is 21.8 Å². The SMILES string of the molecule is O=S(=O)(NCCCCNc1ccnc2cc(Cl)ccc12)c1cccc2cccnc12. The van der Waals surface area contributed by atoms with E-state index in [2.05, 4.69) is 20.0 Å². The number of halogens is 1. The number of hydrogen-bond acceptors (Lipinski definition) is 5. The van der Waals surface area contributed by atoms with Crippen LogP contribution >= 0.6 is 11.6 Å². The summed E-state index contributed by atoms with van der Waals surface area (Å²) in [6.07, 6.45) is 4.87. The summed E-state index contributed by atoms with van der Waals surface area (Å²) in [7, 11) is -3.61. The molecule has 0 saturated heterocycles. The lowest BCUT2D eigenvalue weighted by Gasteiger charge is -2.11. The summed E-state index contributed by atoms with van der Waals surface area (Å²) >= 11 is 6.03. The van der Waals surface area contributed by atoms with Crippen LogP contribution in [0, 0.1) is 0 Å². The van der Waals surface area contributed by atoms with Gasteiger partial charge in [-0.15, -0.1) is 0 Å². The maximum atomic E-state index is 12.7. The van der Waals surface area contributed by atoms with Crippen molar-refractivity contribution in [1.29, 1.82) is 0 Å². The monoisotopic (exact) mass is 440 g/mol. The number of para-hydroxylation sites is 1. The first-order valence-corrected chi connectivity index (χ1v) is 11.5. The number of sulfonamides is 1. The zero-order valence-electron chi connectivity index (χ0n) is 16.2. The van der Waals surface area contributed by atoms with E-state index in [-0.39, 0.29) is 4.90 Å². The second-order valence-corrected chi connectivity index (χ2v) is 9.05. The van der Waals surface area contributed by atoms with Crippen LogP contribution in [0.4, 0.5) is 5.69 Å². The molecule has 8 heteroatoms. The van der Waals surface area contributed by atoms with Crippen LogP contribution in [0.15, 0.2) is 71.9 Å². The number of fused-ring (bicyclic) bond motifs is 2. The van der Waals surface area contributed by atoms with Crippen LogP contribution in [0.2, 0.25) is 5.02 Å². The topological polar surface area (TPSA) is 84.0 Å². The van der Waals surface area contributed by atoms with Gasteiger partial charge < -0.3 is 5.32 Å². The second-order valence-electron chi connectivity index (χ2n) is 6.88. The fraction of sp³-hybridized carbons (Fsp3) is 0.182. The highest BCUT2D eigenvalue weighted by atomic mass is 35.5. The van der Waals surface area contributed by atoms with Crippen LogP contribution in [-0.2, 0) is 10.0 Å². The van der Waals surface area contributed by atoms with Gasteiger partial charge in [0.1, 0.15) is 4.90 Å². The molecule has 0 amide bonds. The quantitative estimate of drug-likeness (QED) is 0.391. The summed E-state index contributed by atoms with van der Waals surface area (Å²) in [5, 5.41) is 5.85. The second kappa shape index (κ2) is 8.95. The number of rotatable bonds is 8. The van der Waals surface area contributed by atoms with Gasteiger partial charge in [-0.2, -0.15) is 0 Å². The van der Waals surface area contributed by atoms with Gasteiger partial charge in [0.2, 0.25) is 10.0 Å². The summed E-state index contributed by atoms with van der Waals surface area (Å²) in [5.41, 5.74) is 2.31. The Balaban J connectivity index is 1.31. The minimum atomic E-state index is -3.61. The number of nitrogens with one attached hydrogen (secondary N) is 2. The molecular weight excluding hydrogens is 420 g/mol. The number of hydrogen-bond donors (Lipinski definition) is 2. The summed E-state index contributed by atoms with van der Waals surface area (Å²) in [4.78, 5) is 8.77. The van der Waals surface area contributed by atoms with Gasteiger partial charge in [-0.25, -0.2) is 13.1 Å². The van der Waals surface area contributed by atoms with Crippen LogP contribution in [0.5, 0.6) is 0 Å². The molecular formula is C22H21ClN4O2S. The Hall–Kier alpha value is -2.74. The van der Waals surface area contributed by atoms with Gasteiger partial charge in [-0.1, -0.05) is 29.8 Å². The fourth-order valence-electron chi connectivity index (χ4n) is 3.33. The first-order chi connectivity index (χ1) is 14.5. The van der Waals surface area contributed by atoms with Gasteiger partial charge in [-0.05, 0) is 49.2 Å². The van der Waals surface area contributed by atoms with E-state index in [1.54, 1.807) is 30.6 Å². The molecule has 0 unspecified atom stereocenters. The third-order valence-electron chi connectivity index (χ3n) is 4.80. The standard InChI is InChI=1S/C22H21ClN4O2S/c23-17-8-9-18-19(10-14-25-20(18)15-17)24-11-1-2-13-27-30(28,29)21-7-3-5-16-6-4-12-26-22(16)21/h3-10,12,14-15,27H,1-2,11,13H2,(H,24,25). The smallest absolute Gasteiger partial charge is 0.242 e. The van der Waals surface area contributed by atoms with Gasteiger partial charge in [-0.3, -0.25) is 9.97 Å². The van der Waals surface area contributed by atoms with E-state index in [1.165, 1.54) is 0 Å². The number of anilines is 1. The average molecular weight is 441 g/mol. The van der Waals surface area contributed by atoms with Gasteiger partial charge in [0, 0.05) is 47.0 Å². The Kier molecular flexibility index (Phi) is 6.13. The van der Waals surface area contributed by atoms with E-state index in [0.29, 0.717) is 23.5 Å². The van der Waals surface area contributed by atoms with E-state index in [1.807, 2.05) is 36.4 Å². The molecule has 2 aromatic carbocycles.